The smallest absolute Gasteiger partial charge is 0.306 e. The largest absolute Gasteiger partial charge is 0.462 e. The summed E-state index contributed by atoms with van der Waals surface area (Å²) in [6.07, 6.45) is 42.2. The molecule has 0 aliphatic carbocycles. The highest BCUT2D eigenvalue weighted by molar-refractivity contribution is 5.71. The SMILES string of the molecule is CCCCCCCC/C=C\CCCCCCCCCC(=O)OCC(COC(=O)CCCCCCC)OC(=O)CCCCCCCCCCCCC. The van der Waals surface area contributed by atoms with Crippen molar-refractivity contribution in [3.05, 3.63) is 12.2 Å². The number of carbonyl (C=O) groups excluding carboxylic acids is 3. The summed E-state index contributed by atoms with van der Waals surface area (Å²) in [4.78, 5) is 37.4. The number of esters is 3. The van der Waals surface area contributed by atoms with Crippen molar-refractivity contribution < 1.29 is 28.6 Å². The maximum atomic E-state index is 12.6. The first-order valence-electron chi connectivity index (χ1n) is 22.2. The summed E-state index contributed by atoms with van der Waals surface area (Å²) in [5.41, 5.74) is 0. The average molecular weight is 721 g/mol. The van der Waals surface area contributed by atoms with Crippen LogP contribution >= 0.6 is 0 Å². The summed E-state index contributed by atoms with van der Waals surface area (Å²) in [5, 5.41) is 0. The third-order valence-corrected chi connectivity index (χ3v) is 9.77. The molecule has 0 heterocycles. The van der Waals surface area contributed by atoms with Crippen molar-refractivity contribution in [1.82, 2.24) is 0 Å². The van der Waals surface area contributed by atoms with Crippen molar-refractivity contribution in [2.75, 3.05) is 13.2 Å². The molecule has 0 saturated heterocycles. The predicted octanol–water partition coefficient (Wildman–Crippen LogP) is 13.9. The second kappa shape index (κ2) is 40.9. The van der Waals surface area contributed by atoms with Crippen molar-refractivity contribution in [1.29, 1.82) is 0 Å². The van der Waals surface area contributed by atoms with Crippen LogP contribution in [0.1, 0.15) is 239 Å². The molecule has 300 valence electrons. The monoisotopic (exact) mass is 721 g/mol. The Kier molecular flexibility index (Phi) is 39.4. The van der Waals surface area contributed by atoms with E-state index in [2.05, 4.69) is 32.9 Å². The van der Waals surface area contributed by atoms with Crippen LogP contribution < -0.4 is 0 Å². The zero-order valence-corrected chi connectivity index (χ0v) is 34.1. The molecule has 0 saturated carbocycles. The second-order valence-corrected chi connectivity index (χ2v) is 15.0. The van der Waals surface area contributed by atoms with Crippen LogP contribution in [-0.4, -0.2) is 37.2 Å². The van der Waals surface area contributed by atoms with E-state index in [0.717, 1.165) is 64.2 Å². The fourth-order valence-corrected chi connectivity index (χ4v) is 6.38. The topological polar surface area (TPSA) is 78.9 Å². The van der Waals surface area contributed by atoms with E-state index in [1.54, 1.807) is 0 Å². The van der Waals surface area contributed by atoms with Crippen LogP contribution in [0.2, 0.25) is 0 Å². The van der Waals surface area contributed by atoms with E-state index in [0.29, 0.717) is 19.3 Å². The van der Waals surface area contributed by atoms with Gasteiger partial charge < -0.3 is 14.2 Å². The number of hydrogen-bond donors (Lipinski definition) is 0. The van der Waals surface area contributed by atoms with Gasteiger partial charge in [0, 0.05) is 19.3 Å². The molecular weight excluding hydrogens is 636 g/mol. The minimum Gasteiger partial charge on any atom is -0.462 e. The highest BCUT2D eigenvalue weighted by Crippen LogP contribution is 2.14. The summed E-state index contributed by atoms with van der Waals surface area (Å²) in [5.74, 6) is -0.882. The Balaban J connectivity index is 4.18. The molecule has 0 bridgehead atoms. The van der Waals surface area contributed by atoms with E-state index in [4.69, 9.17) is 14.2 Å². The molecule has 0 aromatic rings. The number of rotatable bonds is 40. The first-order valence-corrected chi connectivity index (χ1v) is 22.2. The summed E-state index contributed by atoms with van der Waals surface area (Å²) in [6.45, 7) is 6.54. The maximum Gasteiger partial charge on any atom is 0.306 e. The molecule has 0 amide bonds. The summed E-state index contributed by atoms with van der Waals surface area (Å²) >= 11 is 0. The molecule has 0 aromatic heterocycles. The van der Waals surface area contributed by atoms with E-state index in [-0.39, 0.29) is 31.1 Å². The minimum absolute atomic E-state index is 0.0694. The molecule has 0 spiro atoms. The van der Waals surface area contributed by atoms with Crippen LogP contribution in [0.25, 0.3) is 0 Å². The Morgan fingerprint density at radius 1 is 0.373 bits per heavy atom. The lowest BCUT2D eigenvalue weighted by Crippen LogP contribution is -2.30. The zero-order valence-electron chi connectivity index (χ0n) is 34.1. The molecule has 1 unspecified atom stereocenters. The number of allylic oxidation sites excluding steroid dienone is 2. The van der Waals surface area contributed by atoms with Gasteiger partial charge in [0.25, 0.3) is 0 Å². The van der Waals surface area contributed by atoms with Gasteiger partial charge >= 0.3 is 17.9 Å². The van der Waals surface area contributed by atoms with Gasteiger partial charge in [-0.05, 0) is 44.9 Å². The number of hydrogen-bond acceptors (Lipinski definition) is 6. The molecule has 0 aliphatic heterocycles. The number of carbonyl (C=O) groups is 3. The third-order valence-electron chi connectivity index (χ3n) is 9.77. The van der Waals surface area contributed by atoms with Crippen molar-refractivity contribution in [3.63, 3.8) is 0 Å². The Morgan fingerprint density at radius 2 is 0.647 bits per heavy atom. The van der Waals surface area contributed by atoms with Crippen LogP contribution in [0.5, 0.6) is 0 Å². The van der Waals surface area contributed by atoms with Gasteiger partial charge in [-0.3, -0.25) is 14.4 Å². The Labute approximate surface area is 316 Å². The van der Waals surface area contributed by atoms with Gasteiger partial charge in [0.1, 0.15) is 13.2 Å². The number of unbranched alkanes of at least 4 members (excludes halogenated alkanes) is 27. The third kappa shape index (κ3) is 39.2. The molecule has 0 fully saturated rings. The molecule has 6 heteroatoms. The van der Waals surface area contributed by atoms with E-state index < -0.39 is 6.10 Å². The second-order valence-electron chi connectivity index (χ2n) is 15.0. The van der Waals surface area contributed by atoms with Crippen molar-refractivity contribution in [2.45, 2.75) is 245 Å². The normalized spacial score (nSPS) is 12.0. The first kappa shape index (κ1) is 49.1. The Bertz CT molecular complexity index is 794. The molecule has 0 radical (unpaired) electrons. The lowest BCUT2D eigenvalue weighted by Gasteiger charge is -2.18. The van der Waals surface area contributed by atoms with Gasteiger partial charge in [-0.1, -0.05) is 187 Å². The van der Waals surface area contributed by atoms with Crippen molar-refractivity contribution >= 4 is 17.9 Å². The van der Waals surface area contributed by atoms with E-state index in [1.807, 2.05) is 0 Å². The lowest BCUT2D eigenvalue weighted by molar-refractivity contribution is -0.167. The lowest BCUT2D eigenvalue weighted by atomic mass is 10.1. The maximum absolute atomic E-state index is 12.6. The molecule has 1 atom stereocenters. The average Bonchev–Trinajstić information content (AvgIpc) is 3.12. The van der Waals surface area contributed by atoms with Gasteiger partial charge in [0.15, 0.2) is 6.10 Å². The van der Waals surface area contributed by atoms with E-state index in [9.17, 15) is 14.4 Å². The summed E-state index contributed by atoms with van der Waals surface area (Å²) in [7, 11) is 0. The van der Waals surface area contributed by atoms with Crippen LogP contribution in [0.15, 0.2) is 12.2 Å². The molecule has 51 heavy (non-hydrogen) atoms. The van der Waals surface area contributed by atoms with E-state index in [1.165, 1.54) is 135 Å². The van der Waals surface area contributed by atoms with Crippen LogP contribution in [0, 0.1) is 0 Å². The zero-order chi connectivity index (χ0) is 37.3. The summed E-state index contributed by atoms with van der Waals surface area (Å²) < 4.78 is 16.6. The van der Waals surface area contributed by atoms with Crippen LogP contribution in [0.4, 0.5) is 0 Å². The highest BCUT2D eigenvalue weighted by Gasteiger charge is 2.19. The highest BCUT2D eigenvalue weighted by atomic mass is 16.6. The summed E-state index contributed by atoms with van der Waals surface area (Å²) in [6, 6.07) is 0. The molecular formula is C45H84O6. The standard InChI is InChI=1S/C45H84O6/c1-4-7-10-13-15-17-19-20-21-22-23-24-26-27-29-32-35-38-44(47)50-41-42(40-49-43(46)37-34-31-12-9-6-3)51-45(48)39-36-33-30-28-25-18-16-14-11-8-5-2/h20-21,42H,4-19,22-41H2,1-3H3/b21-20-. The van der Waals surface area contributed by atoms with Crippen molar-refractivity contribution in [2.24, 2.45) is 0 Å². The molecule has 0 N–H and O–H groups in total. The predicted molar refractivity (Wildman–Crippen MR) is 215 cm³/mol. The number of ether oxygens (including phenoxy) is 3. The molecule has 0 aliphatic rings. The van der Waals surface area contributed by atoms with Gasteiger partial charge in [0.05, 0.1) is 0 Å². The van der Waals surface area contributed by atoms with Crippen LogP contribution in [-0.2, 0) is 28.6 Å². The quantitative estimate of drug-likeness (QED) is 0.0271. The molecule has 6 nitrogen and oxygen atoms in total. The Morgan fingerprint density at radius 3 is 0.980 bits per heavy atom. The molecule has 0 aromatic carbocycles. The van der Waals surface area contributed by atoms with Gasteiger partial charge in [-0.15, -0.1) is 0 Å². The first-order chi connectivity index (χ1) is 25.0. The van der Waals surface area contributed by atoms with Gasteiger partial charge in [0.2, 0.25) is 0 Å². The van der Waals surface area contributed by atoms with Crippen molar-refractivity contribution in [3.8, 4) is 0 Å². The Hall–Kier alpha value is -1.85. The van der Waals surface area contributed by atoms with Gasteiger partial charge in [-0.2, -0.15) is 0 Å². The van der Waals surface area contributed by atoms with Gasteiger partial charge in [-0.25, -0.2) is 0 Å². The molecule has 0 rings (SSSR count). The fourth-order valence-electron chi connectivity index (χ4n) is 6.38. The fraction of sp³-hybridized carbons (Fsp3) is 0.889. The van der Waals surface area contributed by atoms with E-state index >= 15 is 0 Å². The minimum atomic E-state index is -0.761. The van der Waals surface area contributed by atoms with Crippen LogP contribution in [0.3, 0.4) is 0 Å².